The van der Waals surface area contributed by atoms with Crippen LogP contribution in [0, 0.1) is 0 Å². The molecule has 1 aromatic heterocycles. The van der Waals surface area contributed by atoms with E-state index >= 15 is 0 Å². The highest BCUT2D eigenvalue weighted by molar-refractivity contribution is 5.87. The molecule has 156 valence electrons. The Morgan fingerprint density at radius 1 is 1.06 bits per heavy atom. The molecule has 0 aliphatic rings. The smallest absolute Gasteiger partial charge is 0.348 e. The summed E-state index contributed by atoms with van der Waals surface area (Å²) >= 11 is 0. The maximum Gasteiger partial charge on any atom is 0.417 e. The molecule has 0 atom stereocenters. The van der Waals surface area contributed by atoms with E-state index in [1.54, 1.807) is 28.9 Å². The number of hydrogen-bond acceptors (Lipinski definition) is 2. The Kier molecular flexibility index (Phi) is 5.33. The third-order valence-electron chi connectivity index (χ3n) is 4.90. The van der Waals surface area contributed by atoms with Crippen molar-refractivity contribution in [2.75, 3.05) is 0 Å². The van der Waals surface area contributed by atoms with E-state index in [0.29, 0.717) is 17.6 Å². The predicted molar refractivity (Wildman–Crippen MR) is 114 cm³/mol. The number of carbonyl (C=O) groups is 1. The summed E-state index contributed by atoms with van der Waals surface area (Å²) in [6.45, 7) is 3.79. The largest absolute Gasteiger partial charge is 0.417 e. The average Bonchev–Trinajstić information content (AvgIpc) is 3.20. The van der Waals surface area contributed by atoms with Crippen LogP contribution >= 0.6 is 0 Å². The number of hydrogen-bond donors (Lipinski definition) is 1. The van der Waals surface area contributed by atoms with Crippen molar-refractivity contribution < 1.29 is 18.0 Å². The Balaban J connectivity index is 1.63. The molecule has 0 spiro atoms. The fourth-order valence-electron chi connectivity index (χ4n) is 3.33. The van der Waals surface area contributed by atoms with Gasteiger partial charge in [-0.3, -0.25) is 4.79 Å². The molecule has 0 bridgehead atoms. The number of alkyl halides is 3. The van der Waals surface area contributed by atoms with Gasteiger partial charge in [0, 0.05) is 18.1 Å². The second-order valence-corrected chi connectivity index (χ2v) is 6.98. The highest BCUT2D eigenvalue weighted by atomic mass is 19.4. The molecule has 31 heavy (non-hydrogen) atoms. The fraction of sp³-hybridized carbons (Fsp3) is 0.0833. The van der Waals surface area contributed by atoms with Gasteiger partial charge < -0.3 is 5.32 Å². The molecule has 0 saturated heterocycles. The second kappa shape index (κ2) is 8.10. The molecule has 1 N–H and O–H groups in total. The van der Waals surface area contributed by atoms with Crippen LogP contribution in [0.5, 0.6) is 0 Å². The number of fused-ring (bicyclic) bond motifs is 1. The van der Waals surface area contributed by atoms with E-state index in [0.717, 1.165) is 22.7 Å². The minimum atomic E-state index is -4.43. The molecule has 3 aromatic carbocycles. The van der Waals surface area contributed by atoms with E-state index in [1.165, 1.54) is 18.2 Å². The van der Waals surface area contributed by atoms with Crippen LogP contribution in [-0.2, 0) is 17.5 Å². The standard InChI is InChI=1S/C24H18F3N3O/c1-2-23(31)28-14-16-7-11-19(12-8-16)30-15-18-10-9-17(13-22(18)29-30)20-5-3-4-6-21(20)24(25,26)27/h2-13,15H,1,14H2,(H,28,31). The molecule has 1 amide bonds. The van der Waals surface area contributed by atoms with Crippen LogP contribution in [0.4, 0.5) is 13.2 Å². The molecule has 1 heterocycles. The minimum absolute atomic E-state index is 0.123. The molecule has 0 fully saturated rings. The number of nitrogens with zero attached hydrogens (tertiary/aromatic N) is 2. The van der Waals surface area contributed by atoms with E-state index in [2.05, 4.69) is 17.0 Å². The van der Waals surface area contributed by atoms with Crippen LogP contribution in [0.25, 0.3) is 27.7 Å². The number of halogens is 3. The number of carbonyl (C=O) groups excluding carboxylic acids is 1. The van der Waals surface area contributed by atoms with Crippen molar-refractivity contribution in [3.63, 3.8) is 0 Å². The van der Waals surface area contributed by atoms with Crippen LogP contribution in [0.15, 0.2) is 85.6 Å². The van der Waals surface area contributed by atoms with E-state index in [1.807, 2.05) is 30.5 Å². The molecule has 0 saturated carbocycles. The fourth-order valence-corrected chi connectivity index (χ4v) is 3.33. The molecular formula is C24H18F3N3O. The SMILES string of the molecule is C=CC(=O)NCc1ccc(-n2cc3ccc(-c4ccccc4C(F)(F)F)cc3n2)cc1. The quantitative estimate of drug-likeness (QED) is 0.432. The van der Waals surface area contributed by atoms with Crippen molar-refractivity contribution in [3.8, 4) is 16.8 Å². The van der Waals surface area contributed by atoms with Gasteiger partial charge in [-0.2, -0.15) is 18.3 Å². The third kappa shape index (κ3) is 4.35. The number of amides is 1. The van der Waals surface area contributed by atoms with E-state index in [4.69, 9.17) is 0 Å². The van der Waals surface area contributed by atoms with Gasteiger partial charge in [-0.15, -0.1) is 0 Å². The molecular weight excluding hydrogens is 403 g/mol. The van der Waals surface area contributed by atoms with Gasteiger partial charge in [0.1, 0.15) is 0 Å². The van der Waals surface area contributed by atoms with Crippen molar-refractivity contribution in [1.29, 1.82) is 0 Å². The second-order valence-electron chi connectivity index (χ2n) is 6.98. The van der Waals surface area contributed by atoms with Crippen molar-refractivity contribution in [1.82, 2.24) is 15.1 Å². The Labute approximate surface area is 176 Å². The Morgan fingerprint density at radius 2 is 1.81 bits per heavy atom. The lowest BCUT2D eigenvalue weighted by atomic mass is 9.98. The lowest BCUT2D eigenvalue weighted by molar-refractivity contribution is -0.137. The molecule has 4 nitrogen and oxygen atoms in total. The topological polar surface area (TPSA) is 46.9 Å². The zero-order chi connectivity index (χ0) is 22.0. The van der Waals surface area contributed by atoms with Crippen molar-refractivity contribution >= 4 is 16.8 Å². The zero-order valence-electron chi connectivity index (χ0n) is 16.4. The molecule has 7 heteroatoms. The maximum atomic E-state index is 13.4. The lowest BCUT2D eigenvalue weighted by Crippen LogP contribution is -2.19. The van der Waals surface area contributed by atoms with Gasteiger partial charge in [0.2, 0.25) is 5.91 Å². The molecule has 0 aliphatic carbocycles. The first-order chi connectivity index (χ1) is 14.8. The van der Waals surface area contributed by atoms with Gasteiger partial charge in [-0.25, -0.2) is 4.68 Å². The maximum absolute atomic E-state index is 13.4. The Bertz CT molecular complexity index is 1260. The summed E-state index contributed by atoms with van der Waals surface area (Å²) in [5.41, 5.74) is 2.22. The number of aromatic nitrogens is 2. The summed E-state index contributed by atoms with van der Waals surface area (Å²) in [6.07, 6.45) is -1.40. The first kappa shape index (κ1) is 20.4. The van der Waals surface area contributed by atoms with E-state index in [-0.39, 0.29) is 11.5 Å². The van der Waals surface area contributed by atoms with Gasteiger partial charge in [0.25, 0.3) is 0 Å². The lowest BCUT2D eigenvalue weighted by Gasteiger charge is -2.12. The molecule has 4 rings (SSSR count). The highest BCUT2D eigenvalue weighted by Crippen LogP contribution is 2.37. The number of nitrogens with one attached hydrogen (secondary N) is 1. The third-order valence-corrected chi connectivity index (χ3v) is 4.90. The molecule has 0 unspecified atom stereocenters. The Hall–Kier alpha value is -3.87. The van der Waals surface area contributed by atoms with E-state index in [9.17, 15) is 18.0 Å². The molecule has 0 radical (unpaired) electrons. The highest BCUT2D eigenvalue weighted by Gasteiger charge is 2.33. The predicted octanol–water partition coefficient (Wildman–Crippen LogP) is 5.51. The first-order valence-corrected chi connectivity index (χ1v) is 9.51. The zero-order valence-corrected chi connectivity index (χ0v) is 16.4. The van der Waals surface area contributed by atoms with Crippen molar-refractivity contribution in [3.05, 3.63) is 96.7 Å². The first-order valence-electron chi connectivity index (χ1n) is 9.51. The Morgan fingerprint density at radius 3 is 2.52 bits per heavy atom. The summed E-state index contributed by atoms with van der Waals surface area (Å²) < 4.78 is 41.8. The summed E-state index contributed by atoms with van der Waals surface area (Å²) in [6, 6.07) is 18.1. The molecule has 0 aliphatic heterocycles. The van der Waals surface area contributed by atoms with Crippen LogP contribution in [0.2, 0.25) is 0 Å². The van der Waals surface area contributed by atoms with Crippen LogP contribution in [0.3, 0.4) is 0 Å². The van der Waals surface area contributed by atoms with Gasteiger partial charge in [0.15, 0.2) is 0 Å². The summed E-state index contributed by atoms with van der Waals surface area (Å²) in [7, 11) is 0. The average molecular weight is 421 g/mol. The van der Waals surface area contributed by atoms with Gasteiger partial charge in [-0.1, -0.05) is 49.0 Å². The number of benzene rings is 3. The van der Waals surface area contributed by atoms with E-state index < -0.39 is 11.7 Å². The summed E-state index contributed by atoms with van der Waals surface area (Å²) in [4.78, 5) is 11.3. The van der Waals surface area contributed by atoms with Gasteiger partial charge in [0.05, 0.1) is 16.8 Å². The van der Waals surface area contributed by atoms with Gasteiger partial charge >= 0.3 is 6.18 Å². The summed E-state index contributed by atoms with van der Waals surface area (Å²) in [5.74, 6) is -0.245. The number of rotatable bonds is 5. The molecule has 4 aromatic rings. The monoisotopic (exact) mass is 421 g/mol. The van der Waals surface area contributed by atoms with Gasteiger partial charge in [-0.05, 0) is 47.0 Å². The van der Waals surface area contributed by atoms with Crippen LogP contribution < -0.4 is 5.32 Å². The normalized spacial score (nSPS) is 11.5. The minimum Gasteiger partial charge on any atom is -0.348 e. The van der Waals surface area contributed by atoms with Crippen LogP contribution in [-0.4, -0.2) is 15.7 Å². The van der Waals surface area contributed by atoms with Crippen molar-refractivity contribution in [2.45, 2.75) is 12.7 Å². The van der Waals surface area contributed by atoms with Crippen LogP contribution in [0.1, 0.15) is 11.1 Å². The van der Waals surface area contributed by atoms with Crippen molar-refractivity contribution in [2.24, 2.45) is 0 Å². The summed E-state index contributed by atoms with van der Waals surface area (Å²) in [5, 5.41) is 8.05.